The van der Waals surface area contributed by atoms with E-state index in [0.29, 0.717) is 12.8 Å². The first-order valence-corrected chi connectivity index (χ1v) is 26.2. The number of unbranched alkanes of at least 4 members (excludes halogenated alkanes) is 12. The molecule has 0 fully saturated rings. The zero-order valence-electron chi connectivity index (χ0n) is 42.1. The Bertz CT molecular complexity index is 1460. The smallest absolute Gasteiger partial charge is 0.306 e. The van der Waals surface area contributed by atoms with Gasteiger partial charge in [0.25, 0.3) is 0 Å². The predicted molar refractivity (Wildman–Crippen MR) is 283 cm³/mol. The maximum absolute atomic E-state index is 12.8. The van der Waals surface area contributed by atoms with Gasteiger partial charge in [-0.1, -0.05) is 206 Å². The van der Waals surface area contributed by atoms with Crippen molar-refractivity contribution < 1.29 is 28.6 Å². The molecule has 0 N–H and O–H groups in total. The normalized spacial score (nSPS) is 13.2. The summed E-state index contributed by atoms with van der Waals surface area (Å²) in [6, 6.07) is 0. The highest BCUT2D eigenvalue weighted by Gasteiger charge is 2.19. The van der Waals surface area contributed by atoms with Gasteiger partial charge in [0, 0.05) is 19.3 Å². The highest BCUT2D eigenvalue weighted by Crippen LogP contribution is 2.12. The van der Waals surface area contributed by atoms with Gasteiger partial charge >= 0.3 is 17.9 Å². The van der Waals surface area contributed by atoms with Crippen molar-refractivity contribution in [2.45, 2.75) is 213 Å². The van der Waals surface area contributed by atoms with Crippen molar-refractivity contribution in [2.24, 2.45) is 0 Å². The second-order valence-corrected chi connectivity index (χ2v) is 16.7. The molecule has 0 radical (unpaired) electrons. The van der Waals surface area contributed by atoms with Crippen LogP contribution < -0.4 is 0 Å². The van der Waals surface area contributed by atoms with E-state index in [-0.39, 0.29) is 44.0 Å². The molecular weight excluding hydrogens is 817 g/mol. The maximum Gasteiger partial charge on any atom is 0.306 e. The molecule has 0 heterocycles. The lowest BCUT2D eigenvalue weighted by Gasteiger charge is -2.18. The fourth-order valence-electron chi connectivity index (χ4n) is 6.50. The third-order valence-electron chi connectivity index (χ3n) is 10.4. The van der Waals surface area contributed by atoms with Gasteiger partial charge in [-0.15, -0.1) is 0 Å². The number of allylic oxidation sites excluding steroid dienone is 22. The summed E-state index contributed by atoms with van der Waals surface area (Å²) in [5.41, 5.74) is 0. The highest BCUT2D eigenvalue weighted by atomic mass is 16.6. The van der Waals surface area contributed by atoms with E-state index in [9.17, 15) is 14.4 Å². The molecule has 0 aliphatic carbocycles. The van der Waals surface area contributed by atoms with Crippen molar-refractivity contribution in [3.8, 4) is 0 Å². The Kier molecular flexibility index (Phi) is 49.6. The van der Waals surface area contributed by atoms with Crippen LogP contribution in [0.2, 0.25) is 0 Å². The van der Waals surface area contributed by atoms with Crippen molar-refractivity contribution >= 4 is 17.9 Å². The van der Waals surface area contributed by atoms with Crippen LogP contribution in [-0.4, -0.2) is 37.2 Å². The van der Waals surface area contributed by atoms with Crippen molar-refractivity contribution in [3.05, 3.63) is 134 Å². The topological polar surface area (TPSA) is 78.9 Å². The Balaban J connectivity index is 4.58. The van der Waals surface area contributed by atoms with E-state index in [2.05, 4.69) is 142 Å². The number of rotatable bonds is 45. The summed E-state index contributed by atoms with van der Waals surface area (Å²) < 4.78 is 16.7. The molecule has 0 amide bonds. The fraction of sp³-hybridized carbons (Fsp3) is 0.583. The van der Waals surface area contributed by atoms with Crippen molar-refractivity contribution in [2.75, 3.05) is 13.2 Å². The van der Waals surface area contributed by atoms with Crippen LogP contribution in [0.15, 0.2) is 134 Å². The molecule has 0 aliphatic rings. The maximum atomic E-state index is 12.8. The van der Waals surface area contributed by atoms with Crippen LogP contribution in [0, 0.1) is 0 Å². The van der Waals surface area contributed by atoms with Crippen LogP contribution in [0.5, 0.6) is 0 Å². The molecule has 0 aromatic heterocycles. The Morgan fingerprint density at radius 2 is 0.621 bits per heavy atom. The number of carbonyl (C=O) groups is 3. The minimum atomic E-state index is -0.828. The molecule has 0 saturated heterocycles. The lowest BCUT2D eigenvalue weighted by molar-refractivity contribution is -0.166. The number of carbonyl (C=O) groups excluding carboxylic acids is 3. The van der Waals surface area contributed by atoms with E-state index in [4.69, 9.17) is 14.2 Å². The third-order valence-corrected chi connectivity index (χ3v) is 10.4. The Morgan fingerprint density at radius 1 is 0.318 bits per heavy atom. The van der Waals surface area contributed by atoms with E-state index < -0.39 is 6.10 Å². The molecule has 1 atom stereocenters. The zero-order chi connectivity index (χ0) is 47.9. The first kappa shape index (κ1) is 61.5. The van der Waals surface area contributed by atoms with Crippen LogP contribution in [0.4, 0.5) is 0 Å². The Labute approximate surface area is 405 Å². The van der Waals surface area contributed by atoms with E-state index >= 15 is 0 Å². The van der Waals surface area contributed by atoms with Crippen LogP contribution in [0.25, 0.3) is 0 Å². The molecule has 0 spiro atoms. The Hall–Kier alpha value is -4.45. The molecule has 6 nitrogen and oxygen atoms in total. The number of hydrogen-bond acceptors (Lipinski definition) is 6. The van der Waals surface area contributed by atoms with Gasteiger partial charge < -0.3 is 14.2 Å². The van der Waals surface area contributed by atoms with Gasteiger partial charge in [-0.2, -0.15) is 0 Å². The monoisotopic (exact) mass is 911 g/mol. The van der Waals surface area contributed by atoms with E-state index in [1.54, 1.807) is 0 Å². The molecule has 0 aromatic rings. The summed E-state index contributed by atoms with van der Waals surface area (Å²) in [7, 11) is 0. The average molecular weight is 911 g/mol. The number of esters is 3. The molecule has 370 valence electrons. The van der Waals surface area contributed by atoms with Gasteiger partial charge in [0.15, 0.2) is 6.10 Å². The molecule has 0 aromatic carbocycles. The van der Waals surface area contributed by atoms with E-state index in [0.717, 1.165) is 141 Å². The van der Waals surface area contributed by atoms with Crippen molar-refractivity contribution in [1.82, 2.24) is 0 Å². The number of hydrogen-bond donors (Lipinski definition) is 0. The Morgan fingerprint density at radius 3 is 1.02 bits per heavy atom. The molecular formula is C60H94O6. The van der Waals surface area contributed by atoms with Crippen molar-refractivity contribution in [1.29, 1.82) is 0 Å². The first-order valence-electron chi connectivity index (χ1n) is 26.2. The first-order chi connectivity index (χ1) is 32.5. The summed E-state index contributed by atoms with van der Waals surface area (Å²) in [6.07, 6.45) is 74.4. The van der Waals surface area contributed by atoms with Crippen LogP contribution in [0.3, 0.4) is 0 Å². The van der Waals surface area contributed by atoms with Gasteiger partial charge in [-0.3, -0.25) is 14.4 Å². The van der Waals surface area contributed by atoms with E-state index in [1.165, 1.54) is 19.3 Å². The molecule has 0 bridgehead atoms. The van der Waals surface area contributed by atoms with E-state index in [1.807, 2.05) is 12.2 Å². The second kappa shape index (κ2) is 53.2. The van der Waals surface area contributed by atoms with Crippen LogP contribution >= 0.6 is 0 Å². The quantitative estimate of drug-likeness (QED) is 0.0262. The van der Waals surface area contributed by atoms with Gasteiger partial charge in [-0.25, -0.2) is 0 Å². The SMILES string of the molecule is CC/C=C/C/C=C/C/C=C/C/C=C/C/C=C/C/C=C/CCC(=O)OC[C@@H](COC(=O)CCCCCCC/C=C/C/C=C/CCCC)OC(=O)CCCCCCC/C=C/C/C=C/C/C=C/CC. The fourth-order valence-corrected chi connectivity index (χ4v) is 6.50. The molecule has 0 aliphatic heterocycles. The lowest BCUT2D eigenvalue weighted by atomic mass is 10.1. The highest BCUT2D eigenvalue weighted by molar-refractivity contribution is 5.71. The molecule has 0 saturated carbocycles. The van der Waals surface area contributed by atoms with Crippen LogP contribution in [0.1, 0.15) is 207 Å². The molecule has 6 heteroatoms. The van der Waals surface area contributed by atoms with Gasteiger partial charge in [-0.05, 0) is 116 Å². The second-order valence-electron chi connectivity index (χ2n) is 16.7. The summed E-state index contributed by atoms with van der Waals surface area (Å²) in [5.74, 6) is -1.05. The molecule has 0 unspecified atom stereocenters. The standard InChI is InChI=1S/C60H94O6/c1-4-7-10-13-16-19-22-25-28-29-30-31-33-35-38-41-44-47-50-53-59(62)65-56-57(55-64-58(61)52-49-46-43-40-37-34-27-24-21-18-15-12-9-6-3)66-60(63)54-51-48-45-42-39-36-32-26-23-20-17-14-11-8-5-2/h7-8,10-11,15-20,24-28,30-32,35,38,44,47,57H,4-6,9,12-14,21-23,29,33-34,36-37,39-43,45-46,48-56H2,1-3H3/b10-7+,11-8+,18-15+,19-16+,20-17+,27-24+,28-25+,31-30+,32-26+,38-35+,47-44+/t57-/m1/s1. The summed E-state index contributed by atoms with van der Waals surface area (Å²) in [4.78, 5) is 38.0. The third kappa shape index (κ3) is 50.5. The zero-order valence-corrected chi connectivity index (χ0v) is 42.1. The average Bonchev–Trinajstić information content (AvgIpc) is 3.31. The number of ether oxygens (including phenoxy) is 3. The summed E-state index contributed by atoms with van der Waals surface area (Å²) in [5, 5.41) is 0. The predicted octanol–water partition coefficient (Wildman–Crippen LogP) is 17.5. The van der Waals surface area contributed by atoms with Gasteiger partial charge in [0.05, 0.1) is 0 Å². The molecule has 0 rings (SSSR count). The van der Waals surface area contributed by atoms with Gasteiger partial charge in [0.2, 0.25) is 0 Å². The minimum absolute atomic E-state index is 0.121. The molecule has 66 heavy (non-hydrogen) atoms. The summed E-state index contributed by atoms with van der Waals surface area (Å²) in [6.45, 7) is 6.26. The largest absolute Gasteiger partial charge is 0.462 e. The summed E-state index contributed by atoms with van der Waals surface area (Å²) >= 11 is 0. The van der Waals surface area contributed by atoms with Gasteiger partial charge in [0.1, 0.15) is 13.2 Å². The lowest BCUT2D eigenvalue weighted by Crippen LogP contribution is -2.30. The van der Waals surface area contributed by atoms with Crippen LogP contribution in [-0.2, 0) is 28.6 Å². The van der Waals surface area contributed by atoms with Crippen molar-refractivity contribution in [3.63, 3.8) is 0 Å². The minimum Gasteiger partial charge on any atom is -0.462 e.